The maximum Gasteiger partial charge on any atom is 0.327 e. The Labute approximate surface area is 150 Å². The molecule has 138 valence electrons. The van der Waals surface area contributed by atoms with Crippen molar-refractivity contribution in [3.8, 4) is 0 Å². The fraction of sp³-hybridized carbons (Fsp3) is 0.444. The predicted molar refractivity (Wildman–Crippen MR) is 90.8 cm³/mol. The minimum absolute atomic E-state index is 0.154. The van der Waals surface area contributed by atoms with Gasteiger partial charge in [0.15, 0.2) is 6.10 Å². The lowest BCUT2D eigenvalue weighted by Crippen LogP contribution is -2.43. The third-order valence-corrected chi connectivity index (χ3v) is 4.51. The lowest BCUT2D eigenvalue weighted by atomic mass is 9.92. The van der Waals surface area contributed by atoms with E-state index in [1.165, 1.54) is 6.92 Å². The summed E-state index contributed by atoms with van der Waals surface area (Å²) in [6, 6.07) is 8.26. The third-order valence-electron chi connectivity index (χ3n) is 4.51. The van der Waals surface area contributed by atoms with E-state index in [4.69, 9.17) is 4.74 Å². The lowest BCUT2D eigenvalue weighted by Gasteiger charge is -2.22. The van der Waals surface area contributed by atoms with Crippen LogP contribution in [0.2, 0.25) is 0 Å². The molecule has 1 aliphatic heterocycles. The molecule has 2 atom stereocenters. The molecule has 0 radical (unpaired) electrons. The standard InChI is InChI=1S/C18H21N3O5/c1-11(15(23)19-13-8-9-13)26-14(22)10-21-16(24)18(2,20-17(21)25)12-6-4-3-5-7-12/h3-7,11,13H,8-10H2,1-2H3,(H,19,23)(H,20,25)/t11-,18-/m1/s1. The van der Waals surface area contributed by atoms with Gasteiger partial charge >= 0.3 is 12.0 Å². The first-order chi connectivity index (χ1) is 12.3. The number of esters is 1. The van der Waals surface area contributed by atoms with Crippen molar-refractivity contribution in [1.82, 2.24) is 15.5 Å². The van der Waals surface area contributed by atoms with E-state index in [1.54, 1.807) is 37.3 Å². The highest BCUT2D eigenvalue weighted by atomic mass is 16.5. The molecule has 2 aliphatic rings. The average Bonchev–Trinajstić information content (AvgIpc) is 3.39. The number of amides is 4. The molecule has 2 fully saturated rings. The van der Waals surface area contributed by atoms with Crippen LogP contribution in [0.25, 0.3) is 0 Å². The summed E-state index contributed by atoms with van der Waals surface area (Å²) < 4.78 is 5.05. The molecule has 1 aliphatic carbocycles. The van der Waals surface area contributed by atoms with Crippen molar-refractivity contribution in [3.05, 3.63) is 35.9 Å². The molecule has 1 aromatic rings. The van der Waals surface area contributed by atoms with E-state index in [0.29, 0.717) is 5.56 Å². The van der Waals surface area contributed by atoms with E-state index in [1.807, 2.05) is 0 Å². The van der Waals surface area contributed by atoms with E-state index in [-0.39, 0.29) is 11.9 Å². The summed E-state index contributed by atoms with van der Waals surface area (Å²) in [7, 11) is 0. The van der Waals surface area contributed by atoms with Crippen LogP contribution >= 0.6 is 0 Å². The second-order valence-corrected chi connectivity index (χ2v) is 6.73. The van der Waals surface area contributed by atoms with Crippen molar-refractivity contribution in [2.24, 2.45) is 0 Å². The van der Waals surface area contributed by atoms with Crippen molar-refractivity contribution >= 4 is 23.8 Å². The number of urea groups is 1. The Bertz CT molecular complexity index is 746. The fourth-order valence-electron chi connectivity index (χ4n) is 2.77. The first-order valence-corrected chi connectivity index (χ1v) is 8.51. The van der Waals surface area contributed by atoms with Gasteiger partial charge in [-0.15, -0.1) is 0 Å². The van der Waals surface area contributed by atoms with Crippen molar-refractivity contribution in [3.63, 3.8) is 0 Å². The van der Waals surface area contributed by atoms with Crippen LogP contribution in [0.3, 0.4) is 0 Å². The lowest BCUT2D eigenvalue weighted by molar-refractivity contribution is -0.156. The number of rotatable bonds is 6. The first kappa shape index (κ1) is 17.9. The number of nitrogens with zero attached hydrogens (tertiary/aromatic N) is 1. The van der Waals surface area contributed by atoms with E-state index >= 15 is 0 Å². The summed E-state index contributed by atoms with van der Waals surface area (Å²) in [4.78, 5) is 49.6. The molecule has 2 N–H and O–H groups in total. The van der Waals surface area contributed by atoms with Gasteiger partial charge in [-0.25, -0.2) is 4.79 Å². The minimum Gasteiger partial charge on any atom is -0.451 e. The molecule has 0 aromatic heterocycles. The van der Waals surface area contributed by atoms with Crippen LogP contribution < -0.4 is 10.6 Å². The van der Waals surface area contributed by atoms with E-state index < -0.39 is 36.1 Å². The fourth-order valence-corrected chi connectivity index (χ4v) is 2.77. The number of carbonyl (C=O) groups is 4. The molecule has 26 heavy (non-hydrogen) atoms. The van der Waals surface area contributed by atoms with Crippen molar-refractivity contribution in [2.75, 3.05) is 6.54 Å². The van der Waals surface area contributed by atoms with Gasteiger partial charge in [0, 0.05) is 6.04 Å². The number of nitrogens with one attached hydrogen (secondary N) is 2. The molecule has 0 spiro atoms. The zero-order chi connectivity index (χ0) is 18.9. The smallest absolute Gasteiger partial charge is 0.327 e. The normalized spacial score (nSPS) is 23.4. The number of hydrogen-bond acceptors (Lipinski definition) is 5. The van der Waals surface area contributed by atoms with E-state index in [0.717, 1.165) is 17.7 Å². The summed E-state index contributed by atoms with van der Waals surface area (Å²) in [5, 5.41) is 5.34. The second kappa shape index (κ2) is 6.78. The summed E-state index contributed by atoms with van der Waals surface area (Å²) in [5.41, 5.74) is -0.625. The SMILES string of the molecule is C[C@@H](OC(=O)CN1C(=O)N[C@](C)(c2ccccc2)C1=O)C(=O)NC1CC1. The molecular weight excluding hydrogens is 338 g/mol. The van der Waals surface area contributed by atoms with Gasteiger partial charge in [0.2, 0.25) is 0 Å². The molecular formula is C18H21N3O5. The van der Waals surface area contributed by atoms with Gasteiger partial charge in [0.1, 0.15) is 12.1 Å². The Hall–Kier alpha value is -2.90. The van der Waals surface area contributed by atoms with Gasteiger partial charge in [-0.1, -0.05) is 30.3 Å². The van der Waals surface area contributed by atoms with Gasteiger partial charge in [-0.05, 0) is 32.3 Å². The Balaban J connectivity index is 1.62. The van der Waals surface area contributed by atoms with Crippen LogP contribution in [0.1, 0.15) is 32.3 Å². The molecule has 4 amide bonds. The number of imide groups is 1. The highest BCUT2D eigenvalue weighted by Crippen LogP contribution is 2.28. The van der Waals surface area contributed by atoms with Gasteiger partial charge < -0.3 is 15.4 Å². The summed E-state index contributed by atoms with van der Waals surface area (Å²) in [6.45, 7) is 2.49. The molecule has 1 heterocycles. The van der Waals surface area contributed by atoms with Crippen LogP contribution in [0.15, 0.2) is 30.3 Å². The Morgan fingerprint density at radius 2 is 1.96 bits per heavy atom. The van der Waals surface area contributed by atoms with Crippen LogP contribution in [0.5, 0.6) is 0 Å². The summed E-state index contributed by atoms with van der Waals surface area (Å²) in [6.07, 6.45) is 0.865. The number of hydrogen-bond donors (Lipinski definition) is 2. The highest BCUT2D eigenvalue weighted by Gasteiger charge is 2.49. The van der Waals surface area contributed by atoms with Crippen LogP contribution in [0.4, 0.5) is 4.79 Å². The van der Waals surface area contributed by atoms with E-state index in [9.17, 15) is 19.2 Å². The molecule has 8 heteroatoms. The van der Waals surface area contributed by atoms with Crippen molar-refractivity contribution in [1.29, 1.82) is 0 Å². The maximum atomic E-state index is 12.7. The minimum atomic E-state index is -1.24. The molecule has 0 unspecified atom stereocenters. The highest BCUT2D eigenvalue weighted by molar-refractivity contribution is 6.08. The average molecular weight is 359 g/mol. The molecule has 1 saturated carbocycles. The number of benzene rings is 1. The van der Waals surface area contributed by atoms with Gasteiger partial charge in [0.25, 0.3) is 11.8 Å². The Morgan fingerprint density at radius 3 is 2.58 bits per heavy atom. The summed E-state index contributed by atoms with van der Waals surface area (Å²) >= 11 is 0. The zero-order valence-electron chi connectivity index (χ0n) is 14.7. The second-order valence-electron chi connectivity index (χ2n) is 6.73. The Morgan fingerprint density at radius 1 is 1.31 bits per heavy atom. The van der Waals surface area contributed by atoms with Crippen LogP contribution in [0, 0.1) is 0 Å². The van der Waals surface area contributed by atoms with Crippen molar-refractivity contribution < 1.29 is 23.9 Å². The van der Waals surface area contributed by atoms with Crippen LogP contribution in [-0.2, 0) is 24.7 Å². The van der Waals surface area contributed by atoms with Gasteiger partial charge in [-0.2, -0.15) is 0 Å². The van der Waals surface area contributed by atoms with Crippen LogP contribution in [-0.4, -0.2) is 47.4 Å². The third kappa shape index (κ3) is 3.54. The topological polar surface area (TPSA) is 105 Å². The number of carbonyl (C=O) groups excluding carboxylic acids is 4. The van der Waals surface area contributed by atoms with E-state index in [2.05, 4.69) is 10.6 Å². The maximum absolute atomic E-state index is 12.7. The predicted octanol–water partition coefficient (Wildman–Crippen LogP) is 0.664. The summed E-state index contributed by atoms with van der Waals surface area (Å²) in [5.74, 6) is -1.74. The Kier molecular flexibility index (Phi) is 4.67. The molecule has 8 nitrogen and oxygen atoms in total. The van der Waals surface area contributed by atoms with Gasteiger partial charge in [0.05, 0.1) is 0 Å². The largest absolute Gasteiger partial charge is 0.451 e. The first-order valence-electron chi connectivity index (χ1n) is 8.51. The monoisotopic (exact) mass is 359 g/mol. The van der Waals surface area contributed by atoms with Gasteiger partial charge in [-0.3, -0.25) is 19.3 Å². The molecule has 1 aromatic carbocycles. The molecule has 1 saturated heterocycles. The number of ether oxygens (including phenoxy) is 1. The molecule has 3 rings (SSSR count). The van der Waals surface area contributed by atoms with Crippen molar-refractivity contribution in [2.45, 2.75) is 44.4 Å². The molecule has 0 bridgehead atoms. The quantitative estimate of drug-likeness (QED) is 0.574. The zero-order valence-corrected chi connectivity index (χ0v) is 14.7.